The SMILES string of the molecule is Cc1ccsc1CNC(=O)c1cc(Br)ccc1O. The summed E-state index contributed by atoms with van der Waals surface area (Å²) in [5, 5.41) is 14.4. The van der Waals surface area contributed by atoms with Crippen molar-refractivity contribution in [2.75, 3.05) is 0 Å². The Hall–Kier alpha value is -1.33. The lowest BCUT2D eigenvalue weighted by Gasteiger charge is -2.07. The molecule has 0 fully saturated rings. The Balaban J connectivity index is 2.08. The molecule has 0 bridgehead atoms. The van der Waals surface area contributed by atoms with Crippen LogP contribution in [0.4, 0.5) is 0 Å². The highest BCUT2D eigenvalue weighted by Gasteiger charge is 2.11. The summed E-state index contributed by atoms with van der Waals surface area (Å²) in [5.74, 6) is -0.291. The fourth-order valence-electron chi connectivity index (χ4n) is 1.53. The van der Waals surface area contributed by atoms with Crippen LogP contribution in [0.5, 0.6) is 5.75 Å². The number of aromatic hydroxyl groups is 1. The van der Waals surface area contributed by atoms with E-state index in [0.717, 1.165) is 9.35 Å². The summed E-state index contributed by atoms with van der Waals surface area (Å²) < 4.78 is 0.762. The van der Waals surface area contributed by atoms with E-state index in [1.54, 1.807) is 23.5 Å². The van der Waals surface area contributed by atoms with Crippen molar-refractivity contribution in [3.8, 4) is 5.75 Å². The molecule has 5 heteroatoms. The van der Waals surface area contributed by atoms with E-state index in [0.29, 0.717) is 6.54 Å². The third kappa shape index (κ3) is 2.91. The molecule has 94 valence electrons. The molecule has 2 rings (SSSR count). The summed E-state index contributed by atoms with van der Waals surface area (Å²) in [6.07, 6.45) is 0. The summed E-state index contributed by atoms with van der Waals surface area (Å²) in [7, 11) is 0. The smallest absolute Gasteiger partial charge is 0.255 e. The third-order valence-electron chi connectivity index (χ3n) is 2.58. The standard InChI is InChI=1S/C13H12BrNO2S/c1-8-4-5-18-12(8)7-15-13(17)10-6-9(14)2-3-11(10)16/h2-6,16H,7H2,1H3,(H,15,17). The molecular formula is C13H12BrNO2S. The van der Waals surface area contributed by atoms with E-state index in [4.69, 9.17) is 0 Å². The van der Waals surface area contributed by atoms with E-state index < -0.39 is 0 Å². The fourth-order valence-corrected chi connectivity index (χ4v) is 2.74. The molecule has 0 radical (unpaired) electrons. The number of thiophene rings is 1. The number of benzene rings is 1. The number of phenols is 1. The number of rotatable bonds is 3. The van der Waals surface area contributed by atoms with Gasteiger partial charge in [0.25, 0.3) is 5.91 Å². The Labute approximate surface area is 118 Å². The van der Waals surface area contributed by atoms with E-state index in [-0.39, 0.29) is 17.2 Å². The van der Waals surface area contributed by atoms with Crippen molar-refractivity contribution in [3.63, 3.8) is 0 Å². The maximum absolute atomic E-state index is 11.9. The van der Waals surface area contributed by atoms with Gasteiger partial charge in [-0.15, -0.1) is 11.3 Å². The predicted molar refractivity (Wildman–Crippen MR) is 76.0 cm³/mol. The van der Waals surface area contributed by atoms with Crippen LogP contribution in [-0.2, 0) is 6.54 Å². The van der Waals surface area contributed by atoms with Crippen molar-refractivity contribution < 1.29 is 9.90 Å². The number of hydrogen-bond donors (Lipinski definition) is 2. The molecule has 1 aromatic heterocycles. The Kier molecular flexibility index (Phi) is 4.04. The quantitative estimate of drug-likeness (QED) is 0.908. The number of hydrogen-bond acceptors (Lipinski definition) is 3. The van der Waals surface area contributed by atoms with Crippen LogP contribution >= 0.6 is 27.3 Å². The maximum Gasteiger partial charge on any atom is 0.255 e. The minimum Gasteiger partial charge on any atom is -0.507 e. The highest BCUT2D eigenvalue weighted by molar-refractivity contribution is 9.10. The lowest BCUT2D eigenvalue weighted by Crippen LogP contribution is -2.22. The minimum absolute atomic E-state index is 0.0152. The van der Waals surface area contributed by atoms with Gasteiger partial charge in [0.15, 0.2) is 0 Å². The third-order valence-corrected chi connectivity index (χ3v) is 4.10. The van der Waals surface area contributed by atoms with Gasteiger partial charge in [0.2, 0.25) is 0 Å². The summed E-state index contributed by atoms with van der Waals surface area (Å²) in [5.41, 5.74) is 1.44. The van der Waals surface area contributed by atoms with Gasteiger partial charge in [0.05, 0.1) is 12.1 Å². The van der Waals surface area contributed by atoms with Crippen LogP contribution in [0.15, 0.2) is 34.1 Å². The van der Waals surface area contributed by atoms with Crippen molar-refractivity contribution in [1.29, 1.82) is 0 Å². The fraction of sp³-hybridized carbons (Fsp3) is 0.154. The highest BCUT2D eigenvalue weighted by atomic mass is 79.9. The molecule has 1 amide bonds. The molecule has 2 N–H and O–H groups in total. The minimum atomic E-state index is -0.276. The molecule has 0 saturated carbocycles. The Morgan fingerprint density at radius 3 is 2.89 bits per heavy atom. The van der Waals surface area contributed by atoms with Gasteiger partial charge in [-0.2, -0.15) is 0 Å². The maximum atomic E-state index is 11.9. The second-order valence-corrected chi connectivity index (χ2v) is 5.79. The van der Waals surface area contributed by atoms with Crippen LogP contribution in [0, 0.1) is 6.92 Å². The van der Waals surface area contributed by atoms with Crippen molar-refractivity contribution in [2.24, 2.45) is 0 Å². The molecule has 0 unspecified atom stereocenters. The van der Waals surface area contributed by atoms with E-state index in [1.165, 1.54) is 11.6 Å². The first-order chi connectivity index (χ1) is 8.58. The van der Waals surface area contributed by atoms with Crippen molar-refractivity contribution in [2.45, 2.75) is 13.5 Å². The first-order valence-corrected chi connectivity index (χ1v) is 7.05. The van der Waals surface area contributed by atoms with Crippen molar-refractivity contribution in [3.05, 3.63) is 50.1 Å². The van der Waals surface area contributed by atoms with Crippen LogP contribution < -0.4 is 5.32 Å². The van der Waals surface area contributed by atoms with Crippen LogP contribution in [0.1, 0.15) is 20.8 Å². The Bertz CT molecular complexity index is 580. The van der Waals surface area contributed by atoms with Crippen LogP contribution in [-0.4, -0.2) is 11.0 Å². The van der Waals surface area contributed by atoms with E-state index in [9.17, 15) is 9.90 Å². The van der Waals surface area contributed by atoms with Crippen LogP contribution in [0.2, 0.25) is 0 Å². The normalized spacial score (nSPS) is 10.3. The van der Waals surface area contributed by atoms with Crippen molar-refractivity contribution >= 4 is 33.2 Å². The average Bonchev–Trinajstić information content (AvgIpc) is 2.75. The zero-order valence-corrected chi connectivity index (χ0v) is 12.1. The molecule has 0 aliphatic carbocycles. The molecule has 0 spiro atoms. The number of carbonyl (C=O) groups is 1. The summed E-state index contributed by atoms with van der Waals surface area (Å²) in [6.45, 7) is 2.49. The van der Waals surface area contributed by atoms with Gasteiger partial charge in [-0.3, -0.25) is 4.79 Å². The topological polar surface area (TPSA) is 49.3 Å². The number of nitrogens with one attached hydrogen (secondary N) is 1. The molecule has 0 atom stereocenters. The van der Waals surface area contributed by atoms with Crippen LogP contribution in [0.3, 0.4) is 0 Å². The predicted octanol–water partition coefficient (Wildman–Crippen LogP) is 3.45. The summed E-state index contributed by atoms with van der Waals surface area (Å²) in [6, 6.07) is 6.81. The summed E-state index contributed by atoms with van der Waals surface area (Å²) >= 11 is 4.88. The Morgan fingerprint density at radius 2 is 2.22 bits per heavy atom. The van der Waals surface area contributed by atoms with Gasteiger partial charge in [0, 0.05) is 9.35 Å². The highest BCUT2D eigenvalue weighted by Crippen LogP contribution is 2.22. The number of carbonyl (C=O) groups excluding carboxylic acids is 1. The largest absolute Gasteiger partial charge is 0.507 e. The van der Waals surface area contributed by atoms with Gasteiger partial charge in [-0.1, -0.05) is 15.9 Å². The number of amides is 1. The number of phenolic OH excluding ortho intramolecular Hbond substituents is 1. The zero-order chi connectivity index (χ0) is 13.1. The zero-order valence-electron chi connectivity index (χ0n) is 9.74. The van der Waals surface area contributed by atoms with E-state index in [2.05, 4.69) is 21.2 Å². The molecular weight excluding hydrogens is 314 g/mol. The van der Waals surface area contributed by atoms with Gasteiger partial charge in [-0.25, -0.2) is 0 Å². The molecule has 1 heterocycles. The first kappa shape index (κ1) is 13.1. The second kappa shape index (κ2) is 5.54. The molecule has 0 aliphatic rings. The number of aryl methyl sites for hydroxylation is 1. The van der Waals surface area contributed by atoms with E-state index in [1.807, 2.05) is 18.4 Å². The average molecular weight is 326 g/mol. The van der Waals surface area contributed by atoms with Gasteiger partial charge in [0.1, 0.15) is 5.75 Å². The molecule has 0 aliphatic heterocycles. The molecule has 3 nitrogen and oxygen atoms in total. The number of halogens is 1. The lowest BCUT2D eigenvalue weighted by molar-refractivity contribution is 0.0948. The molecule has 2 aromatic rings. The van der Waals surface area contributed by atoms with Gasteiger partial charge < -0.3 is 10.4 Å². The first-order valence-electron chi connectivity index (χ1n) is 5.37. The lowest BCUT2D eigenvalue weighted by atomic mass is 10.2. The van der Waals surface area contributed by atoms with Crippen molar-refractivity contribution in [1.82, 2.24) is 5.32 Å². The Morgan fingerprint density at radius 1 is 1.44 bits per heavy atom. The van der Waals surface area contributed by atoms with Crippen LogP contribution in [0.25, 0.3) is 0 Å². The molecule has 18 heavy (non-hydrogen) atoms. The van der Waals surface area contributed by atoms with E-state index >= 15 is 0 Å². The molecule has 1 aromatic carbocycles. The summed E-state index contributed by atoms with van der Waals surface area (Å²) in [4.78, 5) is 13.1. The van der Waals surface area contributed by atoms with Gasteiger partial charge in [-0.05, 0) is 42.1 Å². The molecule has 0 saturated heterocycles. The van der Waals surface area contributed by atoms with Gasteiger partial charge >= 0.3 is 0 Å². The second-order valence-electron chi connectivity index (χ2n) is 3.87. The monoisotopic (exact) mass is 325 g/mol.